The molecule has 5 atom stereocenters. The third-order valence-electron chi connectivity index (χ3n) is 6.40. The highest BCUT2D eigenvalue weighted by molar-refractivity contribution is 7.79. The van der Waals surface area contributed by atoms with Crippen LogP contribution in [0.1, 0.15) is 21.5 Å². The summed E-state index contributed by atoms with van der Waals surface area (Å²) in [4.78, 5) is 13.0. The van der Waals surface area contributed by atoms with Gasteiger partial charge in [-0.2, -0.15) is 0 Å². The first-order valence-electron chi connectivity index (χ1n) is 12.4. The van der Waals surface area contributed by atoms with Crippen LogP contribution in [-0.2, 0) is 30.1 Å². The first kappa shape index (κ1) is 27.8. The lowest BCUT2D eigenvalue weighted by Gasteiger charge is -2.45. The van der Waals surface area contributed by atoms with Gasteiger partial charge in [-0.1, -0.05) is 71.2 Å². The average molecular weight is 589 g/mol. The van der Waals surface area contributed by atoms with Gasteiger partial charge in [-0.25, -0.2) is 4.79 Å². The van der Waals surface area contributed by atoms with E-state index in [1.165, 1.54) is 6.07 Å². The highest BCUT2D eigenvalue weighted by Crippen LogP contribution is 2.32. The van der Waals surface area contributed by atoms with Gasteiger partial charge >= 0.3 is 11.2 Å². The maximum atomic E-state index is 13.0. The molecule has 0 aliphatic carbocycles. The fourth-order valence-electron chi connectivity index (χ4n) is 4.39. The van der Waals surface area contributed by atoms with Crippen molar-refractivity contribution in [2.24, 2.45) is 0 Å². The minimum absolute atomic E-state index is 0.0593. The van der Waals surface area contributed by atoms with E-state index in [2.05, 4.69) is 0 Å². The second-order valence-corrected chi connectivity index (χ2v) is 10.4. The fourth-order valence-corrected chi connectivity index (χ4v) is 5.04. The van der Waals surface area contributed by atoms with Crippen LogP contribution in [0.2, 0.25) is 10.0 Å². The van der Waals surface area contributed by atoms with Crippen molar-refractivity contribution in [3.63, 3.8) is 0 Å². The van der Waals surface area contributed by atoms with Crippen LogP contribution in [0, 0.1) is 6.92 Å². The van der Waals surface area contributed by atoms with Crippen LogP contribution < -0.4 is 4.74 Å². The van der Waals surface area contributed by atoms with Gasteiger partial charge in [-0.05, 0) is 42.8 Å². The molecular formula is C29H26Cl2O7S. The highest BCUT2D eigenvalue weighted by atomic mass is 35.5. The maximum Gasteiger partial charge on any atom is 0.358 e. The van der Waals surface area contributed by atoms with Crippen LogP contribution in [0.25, 0.3) is 0 Å². The standard InChI is InChI=1S/C29H26Cl2O7S/c1-17-7-9-19(10-8-17)28(32)35-24-16-33-23-15-34-25(13-18-5-3-2-4-6-18)37-26(23)27(24)38-29(39)36-22-12-11-20(30)14-21(22)31/h2-12,14,23-27H,13,15-16H2,1H3/t23-,24+,25+,26-,27-/m1/s1. The Balaban J connectivity index is 1.35. The number of carbonyl (C=O) groups is 1. The third kappa shape index (κ3) is 7.08. The molecule has 0 aromatic heterocycles. The van der Waals surface area contributed by atoms with Crippen LogP contribution in [0.3, 0.4) is 0 Å². The zero-order valence-corrected chi connectivity index (χ0v) is 23.3. The van der Waals surface area contributed by atoms with Crippen molar-refractivity contribution in [3.05, 3.63) is 99.5 Å². The number of ether oxygens (including phenoxy) is 6. The SMILES string of the molecule is Cc1ccc(C(=O)O[C@H]2CO[C@@H]3CO[C@H](Cc4ccccc4)O[C@H]3[C@@H]2OC(=S)Oc2ccc(Cl)cc2Cl)cc1. The van der Waals surface area contributed by atoms with E-state index in [4.69, 9.17) is 63.8 Å². The number of fused-ring (bicyclic) bond motifs is 1. The summed E-state index contributed by atoms with van der Waals surface area (Å²) >= 11 is 17.6. The Hall–Kier alpha value is -2.72. The van der Waals surface area contributed by atoms with Crippen molar-refractivity contribution in [2.45, 2.75) is 44.1 Å². The fraction of sp³-hybridized carbons (Fsp3) is 0.310. The molecule has 2 aliphatic heterocycles. The summed E-state index contributed by atoms with van der Waals surface area (Å²) in [6, 6.07) is 21.7. The molecule has 2 aliphatic rings. The van der Waals surface area contributed by atoms with E-state index < -0.39 is 36.7 Å². The Kier molecular flexibility index (Phi) is 9.02. The van der Waals surface area contributed by atoms with E-state index in [0.29, 0.717) is 17.0 Å². The van der Waals surface area contributed by atoms with Crippen molar-refractivity contribution in [1.82, 2.24) is 0 Å². The summed E-state index contributed by atoms with van der Waals surface area (Å²) in [6.45, 7) is 2.28. The predicted octanol–water partition coefficient (Wildman–Crippen LogP) is 5.96. The molecule has 7 nitrogen and oxygen atoms in total. The van der Waals surface area contributed by atoms with Crippen LogP contribution in [0.15, 0.2) is 72.8 Å². The van der Waals surface area contributed by atoms with Crippen molar-refractivity contribution in [3.8, 4) is 5.75 Å². The van der Waals surface area contributed by atoms with Crippen LogP contribution in [0.5, 0.6) is 5.75 Å². The van der Waals surface area contributed by atoms with Crippen LogP contribution in [0.4, 0.5) is 0 Å². The molecular weight excluding hydrogens is 563 g/mol. The molecule has 2 heterocycles. The third-order valence-corrected chi connectivity index (χ3v) is 7.11. The van der Waals surface area contributed by atoms with Crippen LogP contribution in [-0.4, -0.2) is 55.1 Å². The molecule has 2 fully saturated rings. The molecule has 0 bridgehead atoms. The Labute approximate surface area is 241 Å². The van der Waals surface area contributed by atoms with Gasteiger partial charge in [0.2, 0.25) is 0 Å². The van der Waals surface area contributed by atoms with Gasteiger partial charge in [0.1, 0.15) is 12.2 Å². The Bertz CT molecular complexity index is 1300. The first-order valence-corrected chi connectivity index (χ1v) is 13.6. The van der Waals surface area contributed by atoms with E-state index in [0.717, 1.165) is 11.1 Å². The first-order chi connectivity index (χ1) is 18.9. The molecule has 0 unspecified atom stereocenters. The number of carbonyl (C=O) groups excluding carboxylic acids is 1. The Morgan fingerprint density at radius 2 is 1.74 bits per heavy atom. The Morgan fingerprint density at radius 1 is 0.974 bits per heavy atom. The van der Waals surface area contributed by atoms with Crippen molar-refractivity contribution >= 4 is 46.6 Å². The highest BCUT2D eigenvalue weighted by Gasteiger charge is 2.49. The molecule has 0 amide bonds. The van der Waals surface area contributed by atoms with Crippen LogP contribution >= 0.6 is 35.4 Å². The summed E-state index contributed by atoms with van der Waals surface area (Å²) in [5, 5.41) is 0.511. The molecule has 0 N–H and O–H groups in total. The summed E-state index contributed by atoms with van der Waals surface area (Å²) in [5.41, 5.74) is 2.48. The van der Waals surface area contributed by atoms with Crippen molar-refractivity contribution < 1.29 is 33.2 Å². The number of halogens is 2. The smallest absolute Gasteiger partial charge is 0.358 e. The van der Waals surface area contributed by atoms with Gasteiger partial charge in [0.25, 0.3) is 0 Å². The topological polar surface area (TPSA) is 72.5 Å². The minimum atomic E-state index is -0.835. The van der Waals surface area contributed by atoms with E-state index in [9.17, 15) is 4.79 Å². The maximum absolute atomic E-state index is 13.0. The number of benzene rings is 3. The van der Waals surface area contributed by atoms with E-state index in [1.807, 2.05) is 49.4 Å². The summed E-state index contributed by atoms with van der Waals surface area (Å²) in [5.74, 6) is -0.242. The average Bonchev–Trinajstić information content (AvgIpc) is 2.92. The number of hydrogen-bond acceptors (Lipinski definition) is 8. The van der Waals surface area contributed by atoms with E-state index >= 15 is 0 Å². The van der Waals surface area contributed by atoms with Gasteiger partial charge in [-0.15, -0.1) is 0 Å². The molecule has 3 aromatic carbocycles. The number of rotatable bonds is 6. The second kappa shape index (κ2) is 12.6. The quantitative estimate of drug-likeness (QED) is 0.258. The number of aryl methyl sites for hydroxylation is 1. The predicted molar refractivity (Wildman–Crippen MR) is 149 cm³/mol. The summed E-state index contributed by atoms with van der Waals surface area (Å²) < 4.78 is 35.9. The zero-order chi connectivity index (χ0) is 27.4. The lowest BCUT2D eigenvalue weighted by Crippen LogP contribution is -2.61. The largest absolute Gasteiger partial charge is 0.452 e. The van der Waals surface area contributed by atoms with Gasteiger partial charge in [0, 0.05) is 23.7 Å². The number of thiocarbonyl (C=S) groups is 1. The van der Waals surface area contributed by atoms with Gasteiger partial charge < -0.3 is 28.4 Å². The molecule has 0 spiro atoms. The second-order valence-electron chi connectivity index (χ2n) is 9.24. The van der Waals surface area contributed by atoms with Gasteiger partial charge in [-0.3, -0.25) is 0 Å². The van der Waals surface area contributed by atoms with Crippen molar-refractivity contribution in [2.75, 3.05) is 13.2 Å². The summed E-state index contributed by atoms with van der Waals surface area (Å²) in [6.07, 6.45) is -2.82. The number of esters is 1. The van der Waals surface area contributed by atoms with Gasteiger partial charge in [0.15, 0.2) is 24.2 Å². The lowest BCUT2D eigenvalue weighted by molar-refractivity contribution is -0.307. The number of hydrogen-bond donors (Lipinski definition) is 0. The molecule has 5 rings (SSSR count). The molecule has 10 heteroatoms. The van der Waals surface area contributed by atoms with E-state index in [1.54, 1.807) is 24.3 Å². The minimum Gasteiger partial charge on any atom is -0.452 e. The molecule has 2 saturated heterocycles. The molecule has 3 aromatic rings. The zero-order valence-electron chi connectivity index (χ0n) is 21.0. The monoisotopic (exact) mass is 588 g/mol. The molecule has 39 heavy (non-hydrogen) atoms. The molecule has 0 saturated carbocycles. The summed E-state index contributed by atoms with van der Waals surface area (Å²) in [7, 11) is 0. The van der Waals surface area contributed by atoms with Crippen molar-refractivity contribution in [1.29, 1.82) is 0 Å². The molecule has 0 radical (unpaired) electrons. The van der Waals surface area contributed by atoms with E-state index in [-0.39, 0.29) is 29.2 Å². The molecule has 204 valence electrons. The van der Waals surface area contributed by atoms with Gasteiger partial charge in [0.05, 0.1) is 23.8 Å². The lowest BCUT2D eigenvalue weighted by atomic mass is 9.98. The Morgan fingerprint density at radius 3 is 2.49 bits per heavy atom. The normalized spacial score (nSPS) is 24.3.